The molecule has 0 amide bonds. The molecule has 0 aliphatic carbocycles. The molecule has 0 unspecified atom stereocenters. The number of fused-ring (bicyclic) bond motifs is 1. The van der Waals surface area contributed by atoms with Gasteiger partial charge in [0.15, 0.2) is 11.5 Å². The molecule has 0 atom stereocenters. The Balaban J connectivity index is 1.95. The van der Waals surface area contributed by atoms with Crippen molar-refractivity contribution in [2.75, 3.05) is 6.61 Å². The number of carbonyl (C=O) groups is 1. The van der Waals surface area contributed by atoms with Crippen molar-refractivity contribution in [3.05, 3.63) is 64.3 Å². The van der Waals surface area contributed by atoms with E-state index in [0.29, 0.717) is 27.9 Å². The van der Waals surface area contributed by atoms with Crippen LogP contribution in [0.1, 0.15) is 23.0 Å². The van der Waals surface area contributed by atoms with E-state index >= 15 is 0 Å². The highest BCUT2D eigenvalue weighted by atomic mass is 79.9. The lowest BCUT2D eigenvalue weighted by atomic mass is 10.2. The first-order chi connectivity index (χ1) is 12.1. The topological polar surface area (TPSA) is 72.2 Å². The van der Waals surface area contributed by atoms with Crippen LogP contribution in [0.15, 0.2) is 53.0 Å². The second-order valence-corrected chi connectivity index (χ2v) is 5.96. The standard InChI is InChI=1S/C19H13BrN2O3/c1-2-24-17-10-12(11-21)9-14(20)18(17)25-19(23)16-8-7-13-5-3-4-6-15(13)22-16/h3-10H,2H2,1H3. The molecule has 1 aromatic heterocycles. The number of hydrogen-bond acceptors (Lipinski definition) is 5. The van der Waals surface area contributed by atoms with Crippen LogP contribution in [0.25, 0.3) is 10.9 Å². The molecule has 6 heteroatoms. The van der Waals surface area contributed by atoms with Crippen molar-refractivity contribution in [1.82, 2.24) is 4.98 Å². The molecular weight excluding hydrogens is 384 g/mol. The Bertz CT molecular complexity index is 996. The third-order valence-corrected chi connectivity index (χ3v) is 4.03. The van der Waals surface area contributed by atoms with Crippen LogP contribution in [0.2, 0.25) is 0 Å². The molecule has 0 saturated heterocycles. The van der Waals surface area contributed by atoms with Gasteiger partial charge >= 0.3 is 5.97 Å². The maximum absolute atomic E-state index is 12.5. The van der Waals surface area contributed by atoms with E-state index in [2.05, 4.69) is 20.9 Å². The number of nitrogens with zero attached hydrogens (tertiary/aromatic N) is 2. The van der Waals surface area contributed by atoms with Gasteiger partial charge < -0.3 is 9.47 Å². The number of para-hydroxylation sites is 1. The second kappa shape index (κ2) is 7.32. The molecule has 0 saturated carbocycles. The summed E-state index contributed by atoms with van der Waals surface area (Å²) in [5.74, 6) is -0.0551. The van der Waals surface area contributed by atoms with Crippen molar-refractivity contribution in [2.24, 2.45) is 0 Å². The summed E-state index contributed by atoms with van der Waals surface area (Å²) < 4.78 is 11.4. The maximum Gasteiger partial charge on any atom is 0.362 e. The van der Waals surface area contributed by atoms with Crippen LogP contribution in [0.4, 0.5) is 0 Å². The number of benzene rings is 2. The van der Waals surface area contributed by atoms with Gasteiger partial charge in [0.1, 0.15) is 5.69 Å². The van der Waals surface area contributed by atoms with Gasteiger partial charge in [0.25, 0.3) is 0 Å². The van der Waals surface area contributed by atoms with Gasteiger partial charge in [-0.05, 0) is 41.1 Å². The van der Waals surface area contributed by atoms with Crippen molar-refractivity contribution < 1.29 is 14.3 Å². The van der Waals surface area contributed by atoms with E-state index in [1.165, 1.54) is 6.07 Å². The number of hydrogen-bond donors (Lipinski definition) is 0. The zero-order chi connectivity index (χ0) is 17.8. The molecule has 0 fully saturated rings. The minimum absolute atomic E-state index is 0.192. The van der Waals surface area contributed by atoms with E-state index in [0.717, 1.165) is 5.39 Å². The Morgan fingerprint density at radius 1 is 1.24 bits per heavy atom. The zero-order valence-corrected chi connectivity index (χ0v) is 14.9. The number of rotatable bonds is 4. The fourth-order valence-corrected chi connectivity index (χ4v) is 2.84. The summed E-state index contributed by atoms with van der Waals surface area (Å²) in [6, 6.07) is 16.1. The van der Waals surface area contributed by atoms with Crippen LogP contribution >= 0.6 is 15.9 Å². The van der Waals surface area contributed by atoms with Gasteiger partial charge in [-0.25, -0.2) is 9.78 Å². The van der Waals surface area contributed by atoms with E-state index in [-0.39, 0.29) is 11.4 Å². The third-order valence-electron chi connectivity index (χ3n) is 3.44. The van der Waals surface area contributed by atoms with Crippen LogP contribution in [0, 0.1) is 11.3 Å². The van der Waals surface area contributed by atoms with Gasteiger partial charge in [-0.1, -0.05) is 24.3 Å². The van der Waals surface area contributed by atoms with Crippen molar-refractivity contribution >= 4 is 32.8 Å². The fraction of sp³-hybridized carbons (Fsp3) is 0.105. The zero-order valence-electron chi connectivity index (χ0n) is 13.3. The lowest BCUT2D eigenvalue weighted by Gasteiger charge is -2.12. The number of pyridine rings is 1. The first-order valence-electron chi connectivity index (χ1n) is 7.56. The highest BCUT2D eigenvalue weighted by Gasteiger charge is 2.18. The van der Waals surface area contributed by atoms with E-state index in [9.17, 15) is 4.79 Å². The number of nitriles is 1. The summed E-state index contributed by atoms with van der Waals surface area (Å²) in [7, 11) is 0. The second-order valence-electron chi connectivity index (χ2n) is 5.11. The maximum atomic E-state index is 12.5. The Hall–Kier alpha value is -2.91. The molecule has 124 valence electrons. The molecule has 0 N–H and O–H groups in total. The van der Waals surface area contributed by atoms with Gasteiger partial charge in [-0.3, -0.25) is 0 Å². The quantitative estimate of drug-likeness (QED) is 0.479. The summed E-state index contributed by atoms with van der Waals surface area (Å²) in [5, 5.41) is 10.0. The number of aromatic nitrogens is 1. The van der Waals surface area contributed by atoms with Crippen LogP contribution in [-0.2, 0) is 0 Å². The van der Waals surface area contributed by atoms with Crippen LogP contribution < -0.4 is 9.47 Å². The van der Waals surface area contributed by atoms with E-state index < -0.39 is 5.97 Å². The van der Waals surface area contributed by atoms with Gasteiger partial charge in [-0.15, -0.1) is 0 Å². The monoisotopic (exact) mass is 396 g/mol. The lowest BCUT2D eigenvalue weighted by molar-refractivity contribution is 0.0721. The third kappa shape index (κ3) is 3.62. The lowest BCUT2D eigenvalue weighted by Crippen LogP contribution is -2.12. The molecule has 0 spiro atoms. The SMILES string of the molecule is CCOc1cc(C#N)cc(Br)c1OC(=O)c1ccc2ccccc2n1. The summed E-state index contributed by atoms with van der Waals surface area (Å²) in [4.78, 5) is 16.8. The minimum atomic E-state index is -0.600. The first kappa shape index (κ1) is 16.9. The smallest absolute Gasteiger partial charge is 0.362 e. The molecule has 0 radical (unpaired) electrons. The van der Waals surface area contributed by atoms with Crippen molar-refractivity contribution in [3.63, 3.8) is 0 Å². The average Bonchev–Trinajstić information content (AvgIpc) is 2.63. The number of carbonyl (C=O) groups excluding carboxylic acids is 1. The first-order valence-corrected chi connectivity index (χ1v) is 8.36. The number of halogens is 1. The van der Waals surface area contributed by atoms with Crippen molar-refractivity contribution in [3.8, 4) is 17.6 Å². The molecule has 0 bridgehead atoms. The number of ether oxygens (including phenoxy) is 2. The molecule has 3 rings (SSSR count). The summed E-state index contributed by atoms with van der Waals surface area (Å²) in [6.07, 6.45) is 0. The van der Waals surface area contributed by atoms with Gasteiger partial charge in [0.05, 0.1) is 28.2 Å². The largest absolute Gasteiger partial charge is 0.490 e. The van der Waals surface area contributed by atoms with Gasteiger partial charge in [0.2, 0.25) is 0 Å². The van der Waals surface area contributed by atoms with Gasteiger partial charge in [0, 0.05) is 11.5 Å². The number of esters is 1. The highest BCUT2D eigenvalue weighted by Crippen LogP contribution is 2.37. The van der Waals surface area contributed by atoms with Crippen LogP contribution in [0.5, 0.6) is 11.5 Å². The van der Waals surface area contributed by atoms with E-state index in [4.69, 9.17) is 14.7 Å². The minimum Gasteiger partial charge on any atom is -0.490 e. The molecule has 3 aromatic rings. The molecule has 5 nitrogen and oxygen atoms in total. The molecule has 0 aliphatic heterocycles. The van der Waals surface area contributed by atoms with Crippen molar-refractivity contribution in [2.45, 2.75) is 6.92 Å². The summed E-state index contributed by atoms with van der Waals surface area (Å²) >= 11 is 3.32. The average molecular weight is 397 g/mol. The fourth-order valence-electron chi connectivity index (χ4n) is 2.32. The predicted octanol–water partition coefficient (Wildman–Crippen LogP) is 4.49. The van der Waals surface area contributed by atoms with Crippen LogP contribution in [-0.4, -0.2) is 17.6 Å². The molecule has 25 heavy (non-hydrogen) atoms. The Labute approximate surface area is 152 Å². The van der Waals surface area contributed by atoms with E-state index in [1.807, 2.05) is 43.3 Å². The molecule has 1 heterocycles. The Kier molecular flexibility index (Phi) is 4.96. The normalized spacial score (nSPS) is 10.3. The van der Waals surface area contributed by atoms with Crippen molar-refractivity contribution in [1.29, 1.82) is 5.26 Å². The van der Waals surface area contributed by atoms with Gasteiger partial charge in [-0.2, -0.15) is 5.26 Å². The predicted molar refractivity (Wildman–Crippen MR) is 96.7 cm³/mol. The van der Waals surface area contributed by atoms with Crippen LogP contribution in [0.3, 0.4) is 0 Å². The Morgan fingerprint density at radius 3 is 2.80 bits per heavy atom. The molecular formula is C19H13BrN2O3. The van der Waals surface area contributed by atoms with E-state index in [1.54, 1.807) is 12.1 Å². The Morgan fingerprint density at radius 2 is 2.04 bits per heavy atom. The summed E-state index contributed by atoms with van der Waals surface area (Å²) in [6.45, 7) is 2.18. The molecule has 2 aromatic carbocycles. The summed E-state index contributed by atoms with van der Waals surface area (Å²) in [5.41, 5.74) is 1.30. The highest BCUT2D eigenvalue weighted by molar-refractivity contribution is 9.10. The molecule has 0 aliphatic rings.